The molecule has 0 radical (unpaired) electrons. The van der Waals surface area contributed by atoms with Crippen LogP contribution in [-0.2, 0) is 6.61 Å². The van der Waals surface area contributed by atoms with Crippen LogP contribution in [0.2, 0.25) is 0 Å². The van der Waals surface area contributed by atoms with Gasteiger partial charge in [0.1, 0.15) is 12.4 Å². The first-order chi connectivity index (χ1) is 12.2. The Morgan fingerprint density at radius 3 is 2.60 bits per heavy atom. The highest BCUT2D eigenvalue weighted by Gasteiger charge is 2.02. The van der Waals surface area contributed by atoms with Crippen molar-refractivity contribution in [2.24, 2.45) is 5.10 Å². The zero-order valence-corrected chi connectivity index (χ0v) is 15.5. The third-order valence-corrected chi connectivity index (χ3v) is 4.17. The molecule has 0 fully saturated rings. The molecular formula is C21H19BrN2O. The van der Waals surface area contributed by atoms with E-state index in [1.165, 1.54) is 5.56 Å². The molecule has 0 saturated heterocycles. The third kappa shape index (κ3) is 5.19. The molecule has 0 aliphatic carbocycles. The largest absolute Gasteiger partial charge is 0.488 e. The van der Waals surface area contributed by atoms with Gasteiger partial charge in [-0.05, 0) is 48.9 Å². The summed E-state index contributed by atoms with van der Waals surface area (Å²) in [6, 6.07) is 24.1. The molecule has 3 aromatic rings. The number of benzene rings is 3. The van der Waals surface area contributed by atoms with Gasteiger partial charge in [0, 0.05) is 10.0 Å². The van der Waals surface area contributed by atoms with Crippen LogP contribution in [0.5, 0.6) is 5.75 Å². The minimum absolute atomic E-state index is 0.534. The number of aryl methyl sites for hydroxylation is 1. The Bertz CT molecular complexity index is 860. The lowest BCUT2D eigenvalue weighted by Gasteiger charge is -2.09. The number of anilines is 1. The van der Waals surface area contributed by atoms with Gasteiger partial charge in [-0.25, -0.2) is 0 Å². The van der Waals surface area contributed by atoms with Crippen molar-refractivity contribution in [3.8, 4) is 5.75 Å². The molecule has 0 aliphatic heterocycles. The summed E-state index contributed by atoms with van der Waals surface area (Å²) in [5.74, 6) is 0.811. The van der Waals surface area contributed by atoms with E-state index < -0.39 is 0 Å². The molecule has 0 heterocycles. The number of ether oxygens (including phenoxy) is 1. The Morgan fingerprint density at radius 1 is 1.00 bits per heavy atom. The lowest BCUT2D eigenvalue weighted by molar-refractivity contribution is 0.305. The number of rotatable bonds is 6. The summed E-state index contributed by atoms with van der Waals surface area (Å²) < 4.78 is 7.01. The Hall–Kier alpha value is -2.59. The van der Waals surface area contributed by atoms with Crippen LogP contribution in [0.4, 0.5) is 5.69 Å². The van der Waals surface area contributed by atoms with E-state index in [1.807, 2.05) is 54.6 Å². The van der Waals surface area contributed by atoms with Gasteiger partial charge >= 0.3 is 0 Å². The Kier molecular flexibility index (Phi) is 5.86. The van der Waals surface area contributed by atoms with Gasteiger partial charge in [-0.15, -0.1) is 0 Å². The average molecular weight is 395 g/mol. The molecule has 0 atom stereocenters. The molecule has 0 aliphatic rings. The fourth-order valence-electron chi connectivity index (χ4n) is 2.38. The zero-order chi connectivity index (χ0) is 17.5. The van der Waals surface area contributed by atoms with E-state index in [4.69, 9.17) is 4.74 Å². The molecule has 0 saturated carbocycles. The minimum Gasteiger partial charge on any atom is -0.488 e. The van der Waals surface area contributed by atoms with Gasteiger partial charge in [-0.1, -0.05) is 57.9 Å². The van der Waals surface area contributed by atoms with Crippen LogP contribution in [0.25, 0.3) is 0 Å². The normalized spacial score (nSPS) is 10.8. The van der Waals surface area contributed by atoms with Crippen molar-refractivity contribution in [2.45, 2.75) is 13.5 Å². The van der Waals surface area contributed by atoms with Gasteiger partial charge in [0.05, 0.1) is 11.9 Å². The second-order valence-corrected chi connectivity index (χ2v) is 6.61. The van der Waals surface area contributed by atoms with Gasteiger partial charge in [-0.2, -0.15) is 5.10 Å². The van der Waals surface area contributed by atoms with Gasteiger partial charge in [0.15, 0.2) is 0 Å². The van der Waals surface area contributed by atoms with Crippen LogP contribution in [-0.4, -0.2) is 6.21 Å². The van der Waals surface area contributed by atoms with Crippen molar-refractivity contribution in [2.75, 3.05) is 5.43 Å². The number of nitrogens with one attached hydrogen (secondary N) is 1. The molecule has 0 bridgehead atoms. The van der Waals surface area contributed by atoms with Crippen LogP contribution in [0.3, 0.4) is 0 Å². The molecule has 25 heavy (non-hydrogen) atoms. The molecule has 4 heteroatoms. The number of hydrazone groups is 1. The predicted octanol–water partition coefficient (Wildman–Crippen LogP) is 5.78. The summed E-state index contributed by atoms with van der Waals surface area (Å²) in [4.78, 5) is 0. The molecule has 3 nitrogen and oxygen atoms in total. The Labute approximate surface area is 156 Å². The molecule has 3 rings (SSSR count). The van der Waals surface area contributed by atoms with Gasteiger partial charge in [-0.3, -0.25) is 5.43 Å². The number of para-hydroxylation sites is 1. The monoisotopic (exact) mass is 394 g/mol. The lowest BCUT2D eigenvalue weighted by Crippen LogP contribution is -1.99. The zero-order valence-electron chi connectivity index (χ0n) is 13.9. The average Bonchev–Trinajstić information content (AvgIpc) is 2.63. The van der Waals surface area contributed by atoms with E-state index in [0.717, 1.165) is 27.0 Å². The first-order valence-electron chi connectivity index (χ1n) is 8.03. The highest BCUT2D eigenvalue weighted by Crippen LogP contribution is 2.18. The summed E-state index contributed by atoms with van der Waals surface area (Å²) in [7, 11) is 0. The van der Waals surface area contributed by atoms with E-state index in [1.54, 1.807) is 6.21 Å². The summed E-state index contributed by atoms with van der Waals surface area (Å²) in [5.41, 5.74) is 7.26. The summed E-state index contributed by atoms with van der Waals surface area (Å²) in [5, 5.41) is 4.30. The Morgan fingerprint density at radius 2 is 1.80 bits per heavy atom. The molecule has 0 aromatic heterocycles. The minimum atomic E-state index is 0.534. The van der Waals surface area contributed by atoms with Crippen LogP contribution in [0.15, 0.2) is 82.4 Å². The van der Waals surface area contributed by atoms with E-state index >= 15 is 0 Å². The number of nitrogens with zero attached hydrogens (tertiary/aromatic N) is 1. The van der Waals surface area contributed by atoms with Crippen LogP contribution in [0, 0.1) is 6.92 Å². The maximum absolute atomic E-state index is 5.97. The first kappa shape index (κ1) is 17.2. The molecule has 0 unspecified atom stereocenters. The maximum Gasteiger partial charge on any atom is 0.128 e. The Balaban J connectivity index is 1.65. The predicted molar refractivity (Wildman–Crippen MR) is 107 cm³/mol. The van der Waals surface area contributed by atoms with Gasteiger partial charge < -0.3 is 4.74 Å². The van der Waals surface area contributed by atoms with Crippen molar-refractivity contribution < 1.29 is 4.74 Å². The first-order valence-corrected chi connectivity index (χ1v) is 8.82. The fraction of sp³-hybridized carbons (Fsp3) is 0.0952. The molecule has 0 spiro atoms. The van der Waals surface area contributed by atoms with Crippen molar-refractivity contribution in [1.82, 2.24) is 0 Å². The van der Waals surface area contributed by atoms with E-state index in [9.17, 15) is 0 Å². The summed E-state index contributed by atoms with van der Waals surface area (Å²) in [6.45, 7) is 2.62. The highest BCUT2D eigenvalue weighted by molar-refractivity contribution is 9.10. The lowest BCUT2D eigenvalue weighted by atomic mass is 10.1. The second kappa shape index (κ2) is 8.49. The maximum atomic E-state index is 5.97. The van der Waals surface area contributed by atoms with E-state index in [2.05, 4.69) is 51.6 Å². The molecule has 0 amide bonds. The summed E-state index contributed by atoms with van der Waals surface area (Å²) in [6.07, 6.45) is 1.77. The highest BCUT2D eigenvalue weighted by atomic mass is 79.9. The van der Waals surface area contributed by atoms with E-state index in [-0.39, 0.29) is 0 Å². The van der Waals surface area contributed by atoms with Gasteiger partial charge in [0.25, 0.3) is 0 Å². The number of hydrogen-bond acceptors (Lipinski definition) is 3. The molecule has 3 aromatic carbocycles. The van der Waals surface area contributed by atoms with Crippen LogP contribution < -0.4 is 10.2 Å². The topological polar surface area (TPSA) is 33.6 Å². The molecule has 1 N–H and O–H groups in total. The fourth-order valence-corrected chi connectivity index (χ4v) is 2.65. The van der Waals surface area contributed by atoms with Crippen molar-refractivity contribution in [3.63, 3.8) is 0 Å². The standard InChI is InChI=1S/C21H19BrN2O/c1-16-5-4-6-17(13-16)15-25-21-8-3-2-7-18(21)14-23-24-20-11-9-19(22)10-12-20/h2-14,24H,15H2,1H3/b23-14+. The van der Waals surface area contributed by atoms with Crippen molar-refractivity contribution in [1.29, 1.82) is 0 Å². The third-order valence-electron chi connectivity index (χ3n) is 3.64. The number of halogens is 1. The smallest absolute Gasteiger partial charge is 0.128 e. The SMILES string of the molecule is Cc1cccc(COc2ccccc2/C=N/Nc2ccc(Br)cc2)c1. The van der Waals surface area contributed by atoms with Crippen LogP contribution >= 0.6 is 15.9 Å². The molecular weight excluding hydrogens is 376 g/mol. The molecule has 126 valence electrons. The van der Waals surface area contributed by atoms with Crippen LogP contribution in [0.1, 0.15) is 16.7 Å². The second-order valence-electron chi connectivity index (χ2n) is 5.69. The summed E-state index contributed by atoms with van der Waals surface area (Å²) >= 11 is 3.42. The number of hydrogen-bond donors (Lipinski definition) is 1. The quantitative estimate of drug-likeness (QED) is 0.424. The van der Waals surface area contributed by atoms with Crippen molar-refractivity contribution in [3.05, 3.63) is 94.0 Å². The van der Waals surface area contributed by atoms with Gasteiger partial charge in [0.2, 0.25) is 0 Å². The van der Waals surface area contributed by atoms with Crippen molar-refractivity contribution >= 4 is 27.8 Å². The van der Waals surface area contributed by atoms with E-state index in [0.29, 0.717) is 6.61 Å².